The van der Waals surface area contributed by atoms with Crippen molar-refractivity contribution < 1.29 is 9.53 Å². The highest BCUT2D eigenvalue weighted by atomic mass is 16.5. The first-order chi connectivity index (χ1) is 13.2. The van der Waals surface area contributed by atoms with E-state index in [0.29, 0.717) is 29.2 Å². The van der Waals surface area contributed by atoms with Crippen molar-refractivity contribution in [3.63, 3.8) is 0 Å². The van der Waals surface area contributed by atoms with Crippen LogP contribution in [0.3, 0.4) is 0 Å². The first-order valence-electron chi connectivity index (χ1n) is 9.62. The summed E-state index contributed by atoms with van der Waals surface area (Å²) in [5.74, 6) is -0.00501. The normalized spacial score (nSPS) is 12.3. The fraction of sp³-hybridized carbons (Fsp3) is 0.333. The number of ether oxygens (including phenoxy) is 1. The Morgan fingerprint density at radius 3 is 2.48 bits per heavy atom. The molecule has 0 bridgehead atoms. The molecule has 2 rings (SSSR count). The van der Waals surface area contributed by atoms with Crippen LogP contribution >= 0.6 is 0 Å². The van der Waals surface area contributed by atoms with Crippen molar-refractivity contribution in [3.05, 3.63) is 71.3 Å². The summed E-state index contributed by atoms with van der Waals surface area (Å²) in [5, 5.41) is 9.44. The van der Waals surface area contributed by atoms with Crippen LogP contribution in [-0.2, 0) is 9.53 Å². The van der Waals surface area contributed by atoms with Gasteiger partial charge in [0.15, 0.2) is 0 Å². The minimum Gasteiger partial charge on any atom is -0.462 e. The van der Waals surface area contributed by atoms with Crippen molar-refractivity contribution in [2.45, 2.75) is 39.5 Å². The highest BCUT2D eigenvalue weighted by Gasteiger charge is 2.18. The maximum absolute atomic E-state index is 12.9. The molecule has 1 unspecified atom stereocenters. The minimum absolute atomic E-state index is 0.373. The molecule has 0 aliphatic heterocycles. The predicted octanol–water partition coefficient (Wildman–Crippen LogP) is 5.86. The molecule has 0 amide bonds. The van der Waals surface area contributed by atoms with Gasteiger partial charge >= 0.3 is 5.97 Å². The molecule has 0 spiro atoms. The van der Waals surface area contributed by atoms with Crippen molar-refractivity contribution in [1.29, 1.82) is 5.26 Å². The summed E-state index contributed by atoms with van der Waals surface area (Å²) >= 11 is 0. The monoisotopic (exact) mass is 361 g/mol. The molecule has 0 aliphatic rings. The lowest BCUT2D eigenvalue weighted by Crippen LogP contribution is -2.15. The molecule has 1 atom stereocenters. The van der Waals surface area contributed by atoms with E-state index in [1.165, 1.54) is 0 Å². The molecule has 0 radical (unpaired) electrons. The second-order valence-corrected chi connectivity index (χ2v) is 6.64. The van der Waals surface area contributed by atoms with Gasteiger partial charge in [-0.2, -0.15) is 5.26 Å². The third-order valence-electron chi connectivity index (χ3n) is 4.66. The lowest BCUT2D eigenvalue weighted by molar-refractivity contribution is -0.138. The summed E-state index contributed by atoms with van der Waals surface area (Å²) in [7, 11) is 0. The Hall–Kier alpha value is -2.86. The molecule has 0 saturated heterocycles. The zero-order valence-electron chi connectivity index (χ0n) is 16.2. The first-order valence-corrected chi connectivity index (χ1v) is 9.62. The summed E-state index contributed by atoms with van der Waals surface area (Å²) in [6.45, 7) is 4.70. The number of rotatable bonds is 9. The summed E-state index contributed by atoms with van der Waals surface area (Å²) in [6.07, 6.45) is 6.12. The van der Waals surface area contributed by atoms with Gasteiger partial charge in [0, 0.05) is 5.56 Å². The number of carbonyl (C=O) groups is 1. The van der Waals surface area contributed by atoms with E-state index in [4.69, 9.17) is 4.74 Å². The van der Waals surface area contributed by atoms with Gasteiger partial charge in [-0.25, -0.2) is 4.79 Å². The molecule has 0 saturated carbocycles. The Bertz CT molecular complexity index is 803. The summed E-state index contributed by atoms with van der Waals surface area (Å²) < 4.78 is 5.66. The number of hydrogen-bond acceptors (Lipinski definition) is 3. The largest absolute Gasteiger partial charge is 0.462 e. The molecule has 0 fully saturated rings. The van der Waals surface area contributed by atoms with Crippen LogP contribution in [0.2, 0.25) is 0 Å². The number of unbranched alkanes of at least 4 members (excludes halogenated alkanes) is 1. The molecule has 2 aromatic rings. The van der Waals surface area contributed by atoms with Crippen molar-refractivity contribution in [2.75, 3.05) is 6.61 Å². The lowest BCUT2D eigenvalue weighted by Gasteiger charge is -2.16. The van der Waals surface area contributed by atoms with Gasteiger partial charge in [0.25, 0.3) is 0 Å². The zero-order chi connectivity index (χ0) is 19.5. The third-order valence-corrected chi connectivity index (χ3v) is 4.66. The first kappa shape index (κ1) is 20.5. The van der Waals surface area contributed by atoms with E-state index < -0.39 is 0 Å². The number of benzene rings is 2. The Balaban J connectivity index is 2.29. The van der Waals surface area contributed by atoms with Gasteiger partial charge in [-0.3, -0.25) is 0 Å². The molecule has 0 heterocycles. The van der Waals surface area contributed by atoms with E-state index in [9.17, 15) is 10.1 Å². The van der Waals surface area contributed by atoms with Crippen LogP contribution in [0.5, 0.6) is 0 Å². The van der Waals surface area contributed by atoms with Crippen LogP contribution in [0.25, 0.3) is 11.6 Å². The van der Waals surface area contributed by atoms with E-state index in [1.807, 2.05) is 36.4 Å². The zero-order valence-corrected chi connectivity index (χ0v) is 16.2. The van der Waals surface area contributed by atoms with E-state index in [0.717, 1.165) is 31.2 Å². The third kappa shape index (κ3) is 6.11. The van der Waals surface area contributed by atoms with Gasteiger partial charge in [-0.15, -0.1) is 0 Å². The standard InChI is InChI=1S/C24H27NO2/c1-3-5-11-19(4-2)18-27-24(26)23(16-20-12-7-6-8-13-20)22-15-10-9-14-21(22)17-25/h6-10,12-16,19H,3-5,11,18H2,1-2H3/b23-16-. The molecule has 2 aromatic carbocycles. The fourth-order valence-corrected chi connectivity index (χ4v) is 2.95. The SMILES string of the molecule is CCCCC(CC)COC(=O)/C(=C\c1ccccc1)c1ccccc1C#N. The van der Waals surface area contributed by atoms with E-state index in [-0.39, 0.29) is 5.97 Å². The molecule has 0 aromatic heterocycles. The van der Waals surface area contributed by atoms with E-state index >= 15 is 0 Å². The quantitative estimate of drug-likeness (QED) is 0.319. The molecular formula is C24H27NO2. The number of nitriles is 1. The Morgan fingerprint density at radius 1 is 1.11 bits per heavy atom. The van der Waals surface area contributed by atoms with Crippen molar-refractivity contribution in [2.24, 2.45) is 5.92 Å². The molecular weight excluding hydrogens is 334 g/mol. The molecule has 140 valence electrons. The number of hydrogen-bond donors (Lipinski definition) is 0. The smallest absolute Gasteiger partial charge is 0.338 e. The van der Waals surface area contributed by atoms with Gasteiger partial charge in [0.1, 0.15) is 0 Å². The van der Waals surface area contributed by atoms with Crippen LogP contribution in [0.15, 0.2) is 54.6 Å². The Kier molecular flexibility index (Phi) is 8.32. The summed E-state index contributed by atoms with van der Waals surface area (Å²) in [4.78, 5) is 12.9. The van der Waals surface area contributed by atoms with Gasteiger partial charge in [-0.1, -0.05) is 81.6 Å². The van der Waals surface area contributed by atoms with Crippen LogP contribution in [0.4, 0.5) is 0 Å². The second-order valence-electron chi connectivity index (χ2n) is 6.64. The Morgan fingerprint density at radius 2 is 1.81 bits per heavy atom. The second kappa shape index (κ2) is 11.0. The number of carbonyl (C=O) groups excluding carboxylic acids is 1. The molecule has 27 heavy (non-hydrogen) atoms. The van der Waals surface area contributed by atoms with Crippen LogP contribution in [-0.4, -0.2) is 12.6 Å². The van der Waals surface area contributed by atoms with Gasteiger partial charge in [-0.05, 0) is 30.0 Å². The maximum atomic E-state index is 12.9. The minimum atomic E-state index is -0.378. The van der Waals surface area contributed by atoms with Crippen molar-refractivity contribution >= 4 is 17.6 Å². The predicted molar refractivity (Wildman–Crippen MR) is 110 cm³/mol. The van der Waals surface area contributed by atoms with Crippen LogP contribution < -0.4 is 0 Å². The highest BCUT2D eigenvalue weighted by Crippen LogP contribution is 2.24. The fourth-order valence-electron chi connectivity index (χ4n) is 2.95. The summed E-state index contributed by atoms with van der Waals surface area (Å²) in [5.41, 5.74) is 2.39. The van der Waals surface area contributed by atoms with Crippen LogP contribution in [0.1, 0.15) is 56.2 Å². The highest BCUT2D eigenvalue weighted by molar-refractivity contribution is 6.22. The van der Waals surface area contributed by atoms with Gasteiger partial charge < -0.3 is 4.74 Å². The molecule has 0 aliphatic carbocycles. The average Bonchev–Trinajstić information content (AvgIpc) is 2.72. The molecule has 3 nitrogen and oxygen atoms in total. The summed E-state index contributed by atoms with van der Waals surface area (Å²) in [6, 6.07) is 18.9. The van der Waals surface area contributed by atoms with Gasteiger partial charge in [0.05, 0.1) is 23.8 Å². The van der Waals surface area contributed by atoms with E-state index in [2.05, 4.69) is 19.9 Å². The van der Waals surface area contributed by atoms with Crippen molar-refractivity contribution in [3.8, 4) is 6.07 Å². The topological polar surface area (TPSA) is 50.1 Å². The average molecular weight is 361 g/mol. The van der Waals surface area contributed by atoms with Crippen molar-refractivity contribution in [1.82, 2.24) is 0 Å². The number of nitrogens with zero attached hydrogens (tertiary/aromatic N) is 1. The Labute approximate surface area is 162 Å². The number of esters is 1. The van der Waals surface area contributed by atoms with Crippen LogP contribution in [0, 0.1) is 17.2 Å². The van der Waals surface area contributed by atoms with E-state index in [1.54, 1.807) is 24.3 Å². The maximum Gasteiger partial charge on any atom is 0.338 e. The van der Waals surface area contributed by atoms with Gasteiger partial charge in [0.2, 0.25) is 0 Å². The molecule has 0 N–H and O–H groups in total. The lowest BCUT2D eigenvalue weighted by atomic mass is 9.98. The molecule has 3 heteroatoms.